The molecule has 0 unspecified atom stereocenters. The number of amidine groups is 1. The van der Waals surface area contributed by atoms with Gasteiger partial charge in [-0.25, -0.2) is 9.98 Å². The van der Waals surface area contributed by atoms with Crippen LogP contribution in [0.2, 0.25) is 5.02 Å². The number of ether oxygens (including phenoxy) is 1. The highest BCUT2D eigenvalue weighted by Crippen LogP contribution is 2.34. The largest absolute Gasteiger partial charge is 0.495 e. The molecule has 2 aromatic rings. The summed E-state index contributed by atoms with van der Waals surface area (Å²) in [5, 5.41) is 3.55. The molecule has 136 valence electrons. The van der Waals surface area contributed by atoms with Crippen LogP contribution in [0.25, 0.3) is 0 Å². The van der Waals surface area contributed by atoms with Crippen LogP contribution in [0.5, 0.6) is 5.75 Å². The Morgan fingerprint density at radius 3 is 2.92 bits per heavy atom. The second-order valence-electron chi connectivity index (χ2n) is 5.91. The molecule has 26 heavy (non-hydrogen) atoms. The molecule has 1 aliphatic heterocycles. The molecule has 0 aromatic carbocycles. The van der Waals surface area contributed by atoms with Crippen LogP contribution in [0, 0.1) is 0 Å². The molecule has 1 aliphatic rings. The molecule has 7 nitrogen and oxygen atoms in total. The van der Waals surface area contributed by atoms with Gasteiger partial charge in [-0.3, -0.25) is 9.78 Å². The molecule has 1 atom stereocenters. The van der Waals surface area contributed by atoms with Gasteiger partial charge >= 0.3 is 0 Å². The maximum absolute atomic E-state index is 12.5. The number of nitrogens with two attached hydrogens (primary N) is 1. The lowest BCUT2D eigenvalue weighted by molar-refractivity contribution is 0.102. The Morgan fingerprint density at radius 1 is 1.42 bits per heavy atom. The lowest BCUT2D eigenvalue weighted by atomic mass is 9.94. The second kappa shape index (κ2) is 7.51. The number of aliphatic imine (C=N–C) groups is 1. The smallest absolute Gasteiger partial charge is 0.275 e. The Balaban J connectivity index is 1.83. The number of carbonyl (C=O) groups excluding carboxylic acids is 1. The predicted molar refractivity (Wildman–Crippen MR) is 104 cm³/mol. The molecule has 0 spiro atoms. The highest BCUT2D eigenvalue weighted by atomic mass is 35.5. The first-order chi connectivity index (χ1) is 12.4. The summed E-state index contributed by atoms with van der Waals surface area (Å²) in [5.41, 5.74) is 6.80. The number of amides is 1. The molecule has 3 heterocycles. The predicted octanol–water partition coefficient (Wildman–Crippen LogP) is 3.06. The van der Waals surface area contributed by atoms with Gasteiger partial charge in [0.1, 0.15) is 17.0 Å². The highest BCUT2D eigenvalue weighted by Gasteiger charge is 2.31. The molecule has 0 saturated carbocycles. The van der Waals surface area contributed by atoms with E-state index in [1.807, 2.05) is 6.92 Å². The van der Waals surface area contributed by atoms with E-state index in [0.29, 0.717) is 16.6 Å². The molecule has 0 bridgehead atoms. The molecule has 0 fully saturated rings. The van der Waals surface area contributed by atoms with Gasteiger partial charge in [0.05, 0.1) is 24.0 Å². The zero-order valence-corrected chi connectivity index (χ0v) is 15.9. The Bertz CT molecular complexity index is 876. The van der Waals surface area contributed by atoms with Crippen molar-refractivity contribution in [2.24, 2.45) is 10.7 Å². The molecule has 9 heteroatoms. The van der Waals surface area contributed by atoms with Gasteiger partial charge in [0.15, 0.2) is 5.17 Å². The minimum Gasteiger partial charge on any atom is -0.495 e. The molecular formula is C17H18ClN5O2S. The summed E-state index contributed by atoms with van der Waals surface area (Å²) in [6.45, 7) is 1.98. The Kier molecular flexibility index (Phi) is 5.33. The van der Waals surface area contributed by atoms with Crippen molar-refractivity contribution in [3.8, 4) is 5.75 Å². The van der Waals surface area contributed by atoms with Crippen molar-refractivity contribution in [2.45, 2.75) is 18.9 Å². The number of hydrogen-bond donors (Lipinski definition) is 2. The molecule has 3 N–H and O–H groups in total. The zero-order valence-electron chi connectivity index (χ0n) is 14.3. The van der Waals surface area contributed by atoms with E-state index in [0.717, 1.165) is 17.9 Å². The normalized spacial score (nSPS) is 19.6. The Morgan fingerprint density at radius 2 is 2.23 bits per heavy atom. The van der Waals surface area contributed by atoms with Crippen molar-refractivity contribution in [3.05, 3.63) is 47.0 Å². The van der Waals surface area contributed by atoms with Gasteiger partial charge < -0.3 is 15.8 Å². The molecule has 0 saturated heterocycles. The quantitative estimate of drug-likeness (QED) is 0.830. The number of aromatic nitrogens is 2. The van der Waals surface area contributed by atoms with Gasteiger partial charge in [-0.05, 0) is 25.5 Å². The van der Waals surface area contributed by atoms with Gasteiger partial charge in [-0.1, -0.05) is 23.4 Å². The molecule has 1 amide bonds. The first-order valence-corrected chi connectivity index (χ1v) is 9.23. The van der Waals surface area contributed by atoms with E-state index in [4.69, 9.17) is 22.1 Å². The van der Waals surface area contributed by atoms with Gasteiger partial charge in [0.25, 0.3) is 5.91 Å². The number of nitrogens with zero attached hydrogens (tertiary/aromatic N) is 3. The second-order valence-corrected chi connectivity index (χ2v) is 7.43. The number of nitrogens with one attached hydrogen (secondary N) is 1. The summed E-state index contributed by atoms with van der Waals surface area (Å²) < 4.78 is 5.04. The third kappa shape index (κ3) is 3.91. The number of carbonyl (C=O) groups is 1. The lowest BCUT2D eigenvalue weighted by Gasteiger charge is -2.28. The van der Waals surface area contributed by atoms with E-state index in [9.17, 15) is 4.79 Å². The maximum Gasteiger partial charge on any atom is 0.275 e. The summed E-state index contributed by atoms with van der Waals surface area (Å²) in [5.74, 6) is 0.939. The minimum absolute atomic E-state index is 0.119. The van der Waals surface area contributed by atoms with E-state index in [2.05, 4.69) is 20.3 Å². The van der Waals surface area contributed by atoms with Crippen molar-refractivity contribution in [1.82, 2.24) is 9.97 Å². The molecule has 0 radical (unpaired) electrons. The number of thioether (sulfide) groups is 1. The minimum atomic E-state index is -0.508. The Hall–Kier alpha value is -2.32. The summed E-state index contributed by atoms with van der Waals surface area (Å²) in [4.78, 5) is 25.5. The van der Waals surface area contributed by atoms with Crippen LogP contribution in [0.15, 0.2) is 35.6 Å². The van der Waals surface area contributed by atoms with Crippen LogP contribution < -0.4 is 15.8 Å². The lowest BCUT2D eigenvalue weighted by Crippen LogP contribution is -2.29. The fourth-order valence-corrected chi connectivity index (χ4v) is 3.78. The molecule has 0 aliphatic carbocycles. The number of hydrogen-bond acceptors (Lipinski definition) is 7. The summed E-state index contributed by atoms with van der Waals surface area (Å²) in [6.07, 6.45) is 3.89. The maximum atomic E-state index is 12.5. The number of methoxy groups -OCH3 is 1. The highest BCUT2D eigenvalue weighted by molar-refractivity contribution is 8.13. The number of rotatable bonds is 4. The van der Waals surface area contributed by atoms with Gasteiger partial charge in [0, 0.05) is 23.7 Å². The van der Waals surface area contributed by atoms with Crippen molar-refractivity contribution in [1.29, 1.82) is 0 Å². The van der Waals surface area contributed by atoms with E-state index in [1.165, 1.54) is 25.1 Å². The molecular weight excluding hydrogens is 374 g/mol. The van der Waals surface area contributed by atoms with Crippen LogP contribution in [-0.2, 0) is 5.54 Å². The first kappa shape index (κ1) is 18.5. The van der Waals surface area contributed by atoms with E-state index in [1.54, 1.807) is 24.4 Å². The van der Waals surface area contributed by atoms with Crippen molar-refractivity contribution < 1.29 is 9.53 Å². The van der Waals surface area contributed by atoms with Gasteiger partial charge in [-0.2, -0.15) is 0 Å². The summed E-state index contributed by atoms with van der Waals surface area (Å²) >= 11 is 7.64. The van der Waals surface area contributed by atoms with Crippen molar-refractivity contribution >= 4 is 40.1 Å². The van der Waals surface area contributed by atoms with Crippen LogP contribution in [0.1, 0.15) is 29.5 Å². The van der Waals surface area contributed by atoms with Crippen molar-refractivity contribution in [3.63, 3.8) is 0 Å². The monoisotopic (exact) mass is 391 g/mol. The fraction of sp³-hybridized carbons (Fsp3) is 0.294. The number of halogens is 1. The average molecular weight is 392 g/mol. The van der Waals surface area contributed by atoms with Gasteiger partial charge in [-0.15, -0.1) is 0 Å². The SMILES string of the molecule is COc1cnc(C(=O)Nc2ccnc([C@]3(C)CCSC(N)=N3)c2)c(Cl)c1. The zero-order chi connectivity index (χ0) is 18.7. The first-order valence-electron chi connectivity index (χ1n) is 7.87. The number of pyridine rings is 2. The topological polar surface area (TPSA) is 102 Å². The van der Waals surface area contributed by atoms with E-state index < -0.39 is 11.4 Å². The standard InChI is InChI=1S/C17H18ClN5O2S/c1-17(4-6-26-16(19)23-17)13-7-10(3-5-20-13)22-15(24)14-12(18)8-11(25-2)9-21-14/h3,5,7-9H,4,6H2,1-2H3,(H2,19,23)(H,20,22,24)/t17-/m0/s1. The van der Waals surface area contributed by atoms with Crippen molar-refractivity contribution in [2.75, 3.05) is 18.2 Å². The van der Waals surface area contributed by atoms with Crippen LogP contribution in [0.4, 0.5) is 5.69 Å². The van der Waals surface area contributed by atoms with E-state index in [-0.39, 0.29) is 10.7 Å². The van der Waals surface area contributed by atoms with Crippen LogP contribution in [-0.4, -0.2) is 33.9 Å². The third-order valence-corrected chi connectivity index (χ3v) is 5.12. The average Bonchev–Trinajstić information content (AvgIpc) is 2.61. The molecule has 3 rings (SSSR count). The third-order valence-electron chi connectivity index (χ3n) is 4.03. The number of anilines is 1. The molecule has 2 aromatic heterocycles. The van der Waals surface area contributed by atoms with Gasteiger partial charge in [0.2, 0.25) is 0 Å². The summed E-state index contributed by atoms with van der Waals surface area (Å²) in [6, 6.07) is 5.04. The van der Waals surface area contributed by atoms with Crippen LogP contribution in [0.3, 0.4) is 0 Å². The Labute approximate surface area is 160 Å². The fourth-order valence-electron chi connectivity index (χ4n) is 2.56. The van der Waals surface area contributed by atoms with E-state index >= 15 is 0 Å². The van der Waals surface area contributed by atoms with Crippen LogP contribution >= 0.6 is 23.4 Å². The summed E-state index contributed by atoms with van der Waals surface area (Å²) in [7, 11) is 1.51.